The molecule has 6 nitrogen and oxygen atoms in total. The lowest BCUT2D eigenvalue weighted by atomic mass is 9.93. The molecule has 2 rings (SSSR count). The number of hydrogen-bond acceptors (Lipinski definition) is 4. The molecule has 2 heterocycles. The number of rotatable bonds is 2. The number of carbonyl (C=O) groups is 2. The average Bonchev–Trinajstić information content (AvgIpc) is 2.83. The summed E-state index contributed by atoms with van der Waals surface area (Å²) in [7, 11) is 0. The smallest absolute Gasteiger partial charge is 0.410 e. The first-order valence-corrected chi connectivity index (χ1v) is 6.89. The molecule has 1 aromatic heterocycles. The first kappa shape index (κ1) is 15.3. The van der Waals surface area contributed by atoms with Crippen LogP contribution in [0.25, 0.3) is 0 Å². The third-order valence-electron chi connectivity index (χ3n) is 3.36. The highest BCUT2D eigenvalue weighted by atomic mass is 16.6. The van der Waals surface area contributed by atoms with Crippen LogP contribution >= 0.6 is 0 Å². The van der Waals surface area contributed by atoms with Gasteiger partial charge in [0.1, 0.15) is 5.60 Å². The zero-order valence-corrected chi connectivity index (χ0v) is 12.4. The predicted molar refractivity (Wildman–Crippen MR) is 75.9 cm³/mol. The quantitative estimate of drug-likeness (QED) is 0.903. The Hall–Kier alpha value is -2.11. The molecular weight excluding hydrogens is 272 g/mol. The molecule has 1 aliphatic heterocycles. The van der Waals surface area contributed by atoms with Gasteiger partial charge in [0.05, 0.1) is 5.92 Å². The Labute approximate surface area is 123 Å². The molecule has 0 spiro atoms. The van der Waals surface area contributed by atoms with Crippen molar-refractivity contribution < 1.29 is 19.4 Å². The second-order valence-corrected chi connectivity index (χ2v) is 6.19. The van der Waals surface area contributed by atoms with Gasteiger partial charge < -0.3 is 14.7 Å². The molecule has 1 saturated heterocycles. The number of aliphatic carboxylic acids is 1. The largest absolute Gasteiger partial charge is 0.481 e. The minimum atomic E-state index is -0.920. The Morgan fingerprint density at radius 2 is 2.05 bits per heavy atom. The summed E-state index contributed by atoms with van der Waals surface area (Å²) in [4.78, 5) is 29.2. The number of nitrogens with zero attached hydrogens (tertiary/aromatic N) is 2. The Morgan fingerprint density at radius 3 is 2.57 bits per heavy atom. The van der Waals surface area contributed by atoms with Crippen LogP contribution in [0.5, 0.6) is 0 Å². The van der Waals surface area contributed by atoms with Crippen LogP contribution in [0.1, 0.15) is 32.4 Å². The second kappa shape index (κ2) is 5.71. The molecule has 1 fully saturated rings. The summed E-state index contributed by atoms with van der Waals surface area (Å²) >= 11 is 0. The molecule has 114 valence electrons. The Bertz CT molecular complexity index is 524. The summed E-state index contributed by atoms with van der Waals surface area (Å²) in [6.07, 6.45) is 1.15. The molecule has 0 unspecified atom stereocenters. The molecule has 21 heavy (non-hydrogen) atoms. The van der Waals surface area contributed by atoms with Gasteiger partial charge in [-0.15, -0.1) is 0 Å². The van der Waals surface area contributed by atoms with Crippen molar-refractivity contribution in [2.24, 2.45) is 5.92 Å². The number of carboxylic acid groups (broad SMARTS) is 1. The van der Waals surface area contributed by atoms with Crippen LogP contribution in [0.3, 0.4) is 0 Å². The highest BCUT2D eigenvalue weighted by molar-refractivity contribution is 5.75. The number of pyridine rings is 1. The van der Waals surface area contributed by atoms with Gasteiger partial charge in [-0.25, -0.2) is 4.79 Å². The molecule has 1 amide bonds. The topological polar surface area (TPSA) is 79.7 Å². The summed E-state index contributed by atoms with van der Waals surface area (Å²) in [5.74, 6) is -1.89. The van der Waals surface area contributed by atoms with E-state index < -0.39 is 23.6 Å². The van der Waals surface area contributed by atoms with E-state index in [1.54, 1.807) is 39.1 Å². The first-order valence-electron chi connectivity index (χ1n) is 6.89. The van der Waals surface area contributed by atoms with E-state index >= 15 is 0 Å². The van der Waals surface area contributed by atoms with Crippen LogP contribution in [0.4, 0.5) is 4.79 Å². The van der Waals surface area contributed by atoms with Crippen LogP contribution in [0.2, 0.25) is 0 Å². The highest BCUT2D eigenvalue weighted by Crippen LogP contribution is 2.32. The SMILES string of the molecule is CC(C)(C)OC(=O)N1C[C@H](c2ccccn2)[C@H](C(=O)O)C1. The third-order valence-corrected chi connectivity index (χ3v) is 3.36. The monoisotopic (exact) mass is 292 g/mol. The standard InChI is InChI=1S/C15H20N2O4/c1-15(2,3)21-14(20)17-8-10(11(9-17)13(18)19)12-6-4-5-7-16-12/h4-7,10-11H,8-9H2,1-3H3,(H,18,19)/t10-,11+/m0/s1. The third kappa shape index (κ3) is 3.71. The van der Waals surface area contributed by atoms with Crippen LogP contribution in [0, 0.1) is 5.92 Å². The lowest BCUT2D eigenvalue weighted by Gasteiger charge is -2.24. The minimum absolute atomic E-state index is 0.144. The Kier molecular flexibility index (Phi) is 4.16. The van der Waals surface area contributed by atoms with Crippen molar-refractivity contribution in [3.8, 4) is 0 Å². The highest BCUT2D eigenvalue weighted by Gasteiger charge is 2.42. The molecule has 6 heteroatoms. The van der Waals surface area contributed by atoms with Gasteiger partial charge in [-0.2, -0.15) is 0 Å². The fourth-order valence-corrected chi connectivity index (χ4v) is 2.42. The summed E-state index contributed by atoms with van der Waals surface area (Å²) < 4.78 is 5.31. The van der Waals surface area contributed by atoms with Gasteiger partial charge in [0.2, 0.25) is 0 Å². The summed E-state index contributed by atoms with van der Waals surface area (Å²) in [5, 5.41) is 9.37. The van der Waals surface area contributed by atoms with Crippen LogP contribution in [-0.4, -0.2) is 45.7 Å². The van der Waals surface area contributed by atoms with Crippen LogP contribution < -0.4 is 0 Å². The second-order valence-electron chi connectivity index (χ2n) is 6.19. The van der Waals surface area contributed by atoms with Gasteiger partial charge in [0.15, 0.2) is 0 Å². The van der Waals surface area contributed by atoms with E-state index in [-0.39, 0.29) is 12.5 Å². The van der Waals surface area contributed by atoms with Crippen LogP contribution in [-0.2, 0) is 9.53 Å². The van der Waals surface area contributed by atoms with Crippen molar-refractivity contribution in [1.29, 1.82) is 0 Å². The zero-order chi connectivity index (χ0) is 15.6. The Balaban J connectivity index is 2.16. The van der Waals surface area contributed by atoms with Gasteiger partial charge in [0, 0.05) is 30.9 Å². The number of likely N-dealkylation sites (tertiary alicyclic amines) is 1. The van der Waals surface area contributed by atoms with E-state index in [0.717, 1.165) is 0 Å². The van der Waals surface area contributed by atoms with Gasteiger partial charge in [-0.3, -0.25) is 9.78 Å². The predicted octanol–water partition coefficient (Wildman–Crippen LogP) is 2.12. The first-order chi connectivity index (χ1) is 9.78. The molecule has 1 aliphatic rings. The summed E-state index contributed by atoms with van der Waals surface area (Å²) in [6.45, 7) is 5.80. The maximum absolute atomic E-state index is 12.1. The van der Waals surface area contributed by atoms with Crippen molar-refractivity contribution >= 4 is 12.1 Å². The van der Waals surface area contributed by atoms with E-state index in [9.17, 15) is 14.7 Å². The maximum Gasteiger partial charge on any atom is 0.410 e. The Morgan fingerprint density at radius 1 is 1.33 bits per heavy atom. The number of carboxylic acids is 1. The van der Waals surface area contributed by atoms with Gasteiger partial charge in [-0.05, 0) is 32.9 Å². The molecule has 1 aromatic rings. The molecule has 0 aromatic carbocycles. The molecule has 0 radical (unpaired) electrons. The number of hydrogen-bond donors (Lipinski definition) is 1. The van der Waals surface area contributed by atoms with Crippen molar-refractivity contribution in [2.75, 3.05) is 13.1 Å². The van der Waals surface area contributed by atoms with E-state index in [1.807, 2.05) is 6.07 Å². The molecule has 0 saturated carbocycles. The number of aromatic nitrogens is 1. The van der Waals surface area contributed by atoms with Gasteiger partial charge >= 0.3 is 12.1 Å². The van der Waals surface area contributed by atoms with E-state index in [4.69, 9.17) is 4.74 Å². The normalized spacial score (nSPS) is 22.1. The molecule has 0 bridgehead atoms. The fourth-order valence-electron chi connectivity index (χ4n) is 2.42. The van der Waals surface area contributed by atoms with E-state index in [1.165, 1.54) is 4.90 Å². The molecule has 0 aliphatic carbocycles. The van der Waals surface area contributed by atoms with Gasteiger partial charge in [0.25, 0.3) is 0 Å². The average molecular weight is 292 g/mol. The van der Waals surface area contributed by atoms with E-state index in [2.05, 4.69) is 4.98 Å². The summed E-state index contributed by atoms with van der Waals surface area (Å²) in [5.41, 5.74) is 0.0924. The van der Waals surface area contributed by atoms with Gasteiger partial charge in [-0.1, -0.05) is 6.07 Å². The molecule has 2 atom stereocenters. The van der Waals surface area contributed by atoms with Crippen LogP contribution in [0.15, 0.2) is 24.4 Å². The minimum Gasteiger partial charge on any atom is -0.481 e. The van der Waals surface area contributed by atoms with Crippen molar-refractivity contribution in [3.63, 3.8) is 0 Å². The van der Waals surface area contributed by atoms with Crippen molar-refractivity contribution in [3.05, 3.63) is 30.1 Å². The number of carbonyl (C=O) groups excluding carboxylic acids is 1. The van der Waals surface area contributed by atoms with E-state index in [0.29, 0.717) is 12.2 Å². The fraction of sp³-hybridized carbons (Fsp3) is 0.533. The zero-order valence-electron chi connectivity index (χ0n) is 12.4. The number of amides is 1. The summed E-state index contributed by atoms with van der Waals surface area (Å²) in [6, 6.07) is 5.39. The van der Waals surface area contributed by atoms with Crippen molar-refractivity contribution in [1.82, 2.24) is 9.88 Å². The lowest BCUT2D eigenvalue weighted by Crippen LogP contribution is -2.35. The van der Waals surface area contributed by atoms with Crippen molar-refractivity contribution in [2.45, 2.75) is 32.3 Å². The molecule has 1 N–H and O–H groups in total. The number of ether oxygens (including phenoxy) is 1. The lowest BCUT2D eigenvalue weighted by molar-refractivity contribution is -0.141. The molecular formula is C15H20N2O4. The maximum atomic E-state index is 12.1.